The lowest BCUT2D eigenvalue weighted by Gasteiger charge is -2.38. The van der Waals surface area contributed by atoms with Gasteiger partial charge in [0.15, 0.2) is 0 Å². The second-order valence-corrected chi connectivity index (χ2v) is 7.06. The van der Waals surface area contributed by atoms with Crippen LogP contribution < -0.4 is 0 Å². The van der Waals surface area contributed by atoms with E-state index < -0.39 is 0 Å². The molecule has 1 aromatic carbocycles. The third-order valence-corrected chi connectivity index (χ3v) is 4.82. The number of aryl methyl sites for hydroxylation is 1. The molecule has 0 heterocycles. The molecule has 0 radical (unpaired) electrons. The van der Waals surface area contributed by atoms with Crippen molar-refractivity contribution < 1.29 is 0 Å². The first kappa shape index (κ1) is 15.1. The Morgan fingerprint density at radius 3 is 2.50 bits per heavy atom. The first-order valence-corrected chi connectivity index (χ1v) is 7.61. The molecule has 1 aliphatic carbocycles. The van der Waals surface area contributed by atoms with E-state index in [1.165, 1.54) is 36.8 Å². The summed E-state index contributed by atoms with van der Waals surface area (Å²) in [6, 6.07) is 8.95. The minimum atomic E-state index is 0.529. The van der Waals surface area contributed by atoms with Gasteiger partial charge in [0.1, 0.15) is 0 Å². The molecule has 20 heavy (non-hydrogen) atoms. The first-order valence-electron chi connectivity index (χ1n) is 7.61. The van der Waals surface area contributed by atoms with Crippen molar-refractivity contribution in [1.29, 1.82) is 5.26 Å². The summed E-state index contributed by atoms with van der Waals surface area (Å²) in [5.41, 5.74) is 3.86. The minimum Gasteiger partial charge on any atom is -0.299 e. The van der Waals surface area contributed by atoms with Crippen LogP contribution in [0, 0.1) is 23.7 Å². The molecule has 0 bridgehead atoms. The van der Waals surface area contributed by atoms with E-state index in [-0.39, 0.29) is 0 Å². The van der Waals surface area contributed by atoms with Gasteiger partial charge in [-0.3, -0.25) is 4.90 Å². The van der Waals surface area contributed by atoms with Gasteiger partial charge in [0.2, 0.25) is 0 Å². The fraction of sp³-hybridized carbons (Fsp3) is 0.611. The van der Waals surface area contributed by atoms with Crippen LogP contribution in [0.2, 0.25) is 0 Å². The summed E-state index contributed by atoms with van der Waals surface area (Å²) in [5.74, 6) is 0. The van der Waals surface area contributed by atoms with E-state index in [1.54, 1.807) is 0 Å². The van der Waals surface area contributed by atoms with Crippen molar-refractivity contribution in [3.63, 3.8) is 0 Å². The van der Waals surface area contributed by atoms with E-state index in [9.17, 15) is 0 Å². The van der Waals surface area contributed by atoms with Crippen molar-refractivity contribution in [1.82, 2.24) is 4.90 Å². The molecule has 1 saturated carbocycles. The molecule has 0 amide bonds. The maximum atomic E-state index is 8.93. The monoisotopic (exact) mass is 270 g/mol. The van der Waals surface area contributed by atoms with Crippen molar-refractivity contribution in [2.45, 2.75) is 59.0 Å². The first-order chi connectivity index (χ1) is 9.41. The molecule has 0 unspecified atom stereocenters. The highest BCUT2D eigenvalue weighted by Gasteiger charge is 2.28. The van der Waals surface area contributed by atoms with Crippen molar-refractivity contribution in [2.24, 2.45) is 5.41 Å². The molecule has 108 valence electrons. The Labute approximate surface area is 123 Å². The summed E-state index contributed by atoms with van der Waals surface area (Å²) >= 11 is 0. The van der Waals surface area contributed by atoms with Gasteiger partial charge in [0.25, 0.3) is 0 Å². The van der Waals surface area contributed by atoms with Gasteiger partial charge in [-0.05, 0) is 68.3 Å². The SMILES string of the molecule is Cc1cc(C#N)ccc1CN(C)C1CCC(C)(C)CC1. The summed E-state index contributed by atoms with van der Waals surface area (Å²) < 4.78 is 0. The van der Waals surface area contributed by atoms with E-state index in [0.717, 1.165) is 12.1 Å². The molecule has 0 atom stereocenters. The maximum Gasteiger partial charge on any atom is 0.0991 e. The van der Waals surface area contributed by atoms with Gasteiger partial charge in [-0.15, -0.1) is 0 Å². The van der Waals surface area contributed by atoms with Crippen LogP contribution in [0.3, 0.4) is 0 Å². The number of hydrogen-bond donors (Lipinski definition) is 0. The number of benzene rings is 1. The molecule has 1 aliphatic rings. The predicted octanol–water partition coefficient (Wildman–Crippen LogP) is 4.27. The van der Waals surface area contributed by atoms with Crippen molar-refractivity contribution >= 4 is 0 Å². The average Bonchev–Trinajstić information content (AvgIpc) is 2.40. The summed E-state index contributed by atoms with van der Waals surface area (Å²) in [4.78, 5) is 2.49. The van der Waals surface area contributed by atoms with Crippen molar-refractivity contribution in [2.75, 3.05) is 7.05 Å². The van der Waals surface area contributed by atoms with Crippen LogP contribution in [0.5, 0.6) is 0 Å². The highest BCUT2D eigenvalue weighted by Crippen LogP contribution is 2.36. The second kappa shape index (κ2) is 5.97. The summed E-state index contributed by atoms with van der Waals surface area (Å²) in [6.07, 6.45) is 5.26. The summed E-state index contributed by atoms with van der Waals surface area (Å²) in [5, 5.41) is 8.93. The lowest BCUT2D eigenvalue weighted by atomic mass is 9.75. The molecule has 2 rings (SSSR count). The van der Waals surface area contributed by atoms with Gasteiger partial charge >= 0.3 is 0 Å². The molecule has 0 saturated heterocycles. The zero-order chi connectivity index (χ0) is 14.8. The van der Waals surface area contributed by atoms with Crippen molar-refractivity contribution in [3.05, 3.63) is 34.9 Å². The average molecular weight is 270 g/mol. The third kappa shape index (κ3) is 3.61. The van der Waals surface area contributed by atoms with Crippen LogP contribution in [0.25, 0.3) is 0 Å². The Hall–Kier alpha value is -1.33. The maximum absolute atomic E-state index is 8.93. The molecular formula is C18H26N2. The third-order valence-electron chi connectivity index (χ3n) is 4.82. The minimum absolute atomic E-state index is 0.529. The summed E-state index contributed by atoms with van der Waals surface area (Å²) in [7, 11) is 2.24. The number of rotatable bonds is 3. The number of nitrogens with zero attached hydrogens (tertiary/aromatic N) is 2. The highest BCUT2D eigenvalue weighted by atomic mass is 15.1. The van der Waals surface area contributed by atoms with Gasteiger partial charge in [-0.2, -0.15) is 5.26 Å². The van der Waals surface area contributed by atoms with Crippen LogP contribution in [0.4, 0.5) is 0 Å². The topological polar surface area (TPSA) is 27.0 Å². The smallest absolute Gasteiger partial charge is 0.0991 e. The standard InChI is InChI=1S/C18H26N2/c1-14-11-15(12-19)5-6-16(14)13-20(4)17-7-9-18(2,3)10-8-17/h5-6,11,17H,7-10,13H2,1-4H3. The van der Waals surface area contributed by atoms with Crippen LogP contribution in [-0.2, 0) is 6.54 Å². The van der Waals surface area contributed by atoms with Crippen molar-refractivity contribution in [3.8, 4) is 6.07 Å². The van der Waals surface area contributed by atoms with E-state index in [1.807, 2.05) is 12.1 Å². The summed E-state index contributed by atoms with van der Waals surface area (Å²) in [6.45, 7) is 7.86. The Balaban J connectivity index is 1.98. The van der Waals surface area contributed by atoms with E-state index in [2.05, 4.69) is 44.9 Å². The molecule has 2 nitrogen and oxygen atoms in total. The molecular weight excluding hydrogens is 244 g/mol. The van der Waals surface area contributed by atoms with Gasteiger partial charge in [-0.1, -0.05) is 19.9 Å². The van der Waals surface area contributed by atoms with Crippen LogP contribution in [-0.4, -0.2) is 18.0 Å². The molecule has 1 fully saturated rings. The Bertz CT molecular complexity index is 501. The zero-order valence-electron chi connectivity index (χ0n) is 13.2. The fourth-order valence-corrected chi connectivity index (χ4v) is 3.17. The molecule has 0 spiro atoms. The molecule has 1 aromatic rings. The Morgan fingerprint density at radius 1 is 1.30 bits per heavy atom. The number of hydrogen-bond acceptors (Lipinski definition) is 2. The molecule has 0 aliphatic heterocycles. The lowest BCUT2D eigenvalue weighted by molar-refractivity contribution is 0.123. The van der Waals surface area contributed by atoms with Gasteiger partial charge in [0, 0.05) is 12.6 Å². The van der Waals surface area contributed by atoms with Crippen LogP contribution in [0.1, 0.15) is 56.2 Å². The molecule has 0 aromatic heterocycles. The Kier molecular flexibility index (Phi) is 4.50. The Morgan fingerprint density at radius 2 is 1.95 bits per heavy atom. The van der Waals surface area contributed by atoms with E-state index in [4.69, 9.17) is 5.26 Å². The van der Waals surface area contributed by atoms with Gasteiger partial charge < -0.3 is 0 Å². The quantitative estimate of drug-likeness (QED) is 0.820. The van der Waals surface area contributed by atoms with E-state index >= 15 is 0 Å². The van der Waals surface area contributed by atoms with Crippen LogP contribution in [0.15, 0.2) is 18.2 Å². The van der Waals surface area contributed by atoms with E-state index in [0.29, 0.717) is 11.5 Å². The molecule has 0 N–H and O–H groups in total. The van der Waals surface area contributed by atoms with Crippen LogP contribution >= 0.6 is 0 Å². The largest absolute Gasteiger partial charge is 0.299 e. The normalized spacial score (nSPS) is 19.0. The predicted molar refractivity (Wildman–Crippen MR) is 83.4 cm³/mol. The highest BCUT2D eigenvalue weighted by molar-refractivity contribution is 5.37. The molecule has 2 heteroatoms. The second-order valence-electron chi connectivity index (χ2n) is 7.06. The fourth-order valence-electron chi connectivity index (χ4n) is 3.17. The zero-order valence-corrected chi connectivity index (χ0v) is 13.2. The van der Waals surface area contributed by atoms with Gasteiger partial charge in [0.05, 0.1) is 11.6 Å². The lowest BCUT2D eigenvalue weighted by Crippen LogP contribution is -2.36. The number of nitriles is 1. The van der Waals surface area contributed by atoms with Gasteiger partial charge in [-0.25, -0.2) is 0 Å².